The Morgan fingerprint density at radius 3 is 2.82 bits per heavy atom. The third-order valence-corrected chi connectivity index (χ3v) is 3.59. The maximum atomic E-state index is 12.1. The van der Waals surface area contributed by atoms with E-state index in [-0.39, 0.29) is 5.56 Å². The van der Waals surface area contributed by atoms with Gasteiger partial charge in [-0.1, -0.05) is 4.49 Å². The molecule has 1 saturated heterocycles. The molecule has 0 spiro atoms. The summed E-state index contributed by atoms with van der Waals surface area (Å²) in [6.45, 7) is 3.53. The van der Waals surface area contributed by atoms with Crippen LogP contribution >= 0.6 is 11.5 Å². The lowest BCUT2D eigenvalue weighted by Crippen LogP contribution is -2.53. The Kier molecular flexibility index (Phi) is 2.52. The van der Waals surface area contributed by atoms with E-state index in [4.69, 9.17) is 0 Å². The largest absolute Gasteiger partial charge is 0.306 e. The number of rotatable bonds is 1. The highest BCUT2D eigenvalue weighted by Crippen LogP contribution is 2.06. The zero-order chi connectivity index (χ0) is 11.8. The Bertz CT molecular complexity index is 584. The molecule has 0 atom stereocenters. The molecule has 17 heavy (non-hydrogen) atoms. The van der Waals surface area contributed by atoms with Crippen LogP contribution in [0.25, 0.3) is 10.3 Å². The third kappa shape index (κ3) is 1.79. The van der Waals surface area contributed by atoms with Crippen molar-refractivity contribution in [2.75, 3.05) is 38.2 Å². The first-order chi connectivity index (χ1) is 8.25. The van der Waals surface area contributed by atoms with Gasteiger partial charge in [-0.25, -0.2) is 9.66 Å². The van der Waals surface area contributed by atoms with Crippen LogP contribution in [0.15, 0.2) is 11.1 Å². The Morgan fingerprint density at radius 2 is 2.06 bits per heavy atom. The normalized spacial score (nSPS) is 17.8. The summed E-state index contributed by atoms with van der Waals surface area (Å²) in [5.41, 5.74) is 0.227. The van der Waals surface area contributed by atoms with Crippen LogP contribution < -0.4 is 10.6 Å². The number of piperazine rings is 1. The SMILES string of the molecule is CN1CCN(n2cnc3snnc3c2=O)CC1. The molecule has 0 saturated carbocycles. The van der Waals surface area contributed by atoms with Crippen molar-refractivity contribution < 1.29 is 0 Å². The van der Waals surface area contributed by atoms with Crippen molar-refractivity contribution in [2.45, 2.75) is 0 Å². The molecule has 0 bridgehead atoms. The van der Waals surface area contributed by atoms with Crippen molar-refractivity contribution >= 4 is 21.9 Å². The predicted octanol–water partition coefficient (Wildman–Crippen LogP) is -0.869. The van der Waals surface area contributed by atoms with Crippen LogP contribution in [-0.4, -0.2) is 57.4 Å². The summed E-state index contributed by atoms with van der Waals surface area (Å²) in [5.74, 6) is 0. The molecule has 8 heteroatoms. The number of nitrogens with zero attached hydrogens (tertiary/aromatic N) is 6. The van der Waals surface area contributed by atoms with E-state index < -0.39 is 0 Å². The lowest BCUT2D eigenvalue weighted by molar-refractivity contribution is 0.285. The van der Waals surface area contributed by atoms with Gasteiger partial charge in [0.1, 0.15) is 6.33 Å². The standard InChI is InChI=1S/C9H12N6OS/c1-13-2-4-14(5-3-13)15-6-10-8-7(9(15)16)11-12-17-8/h6H,2-5H2,1H3. The van der Waals surface area contributed by atoms with Gasteiger partial charge in [0.2, 0.25) is 0 Å². The highest BCUT2D eigenvalue weighted by molar-refractivity contribution is 7.12. The van der Waals surface area contributed by atoms with E-state index in [1.165, 1.54) is 0 Å². The van der Waals surface area contributed by atoms with E-state index in [2.05, 4.69) is 26.5 Å². The fraction of sp³-hybridized carbons (Fsp3) is 0.556. The number of hydrogen-bond donors (Lipinski definition) is 0. The number of likely N-dealkylation sites (N-methyl/N-ethyl adjacent to an activating group) is 1. The summed E-state index contributed by atoms with van der Waals surface area (Å²) in [5, 5.41) is 5.82. The van der Waals surface area contributed by atoms with Crippen LogP contribution in [0.4, 0.5) is 0 Å². The van der Waals surface area contributed by atoms with Gasteiger partial charge in [0.15, 0.2) is 10.3 Å². The summed E-state index contributed by atoms with van der Waals surface area (Å²) in [7, 11) is 2.08. The van der Waals surface area contributed by atoms with Crippen molar-refractivity contribution in [1.82, 2.24) is 24.1 Å². The molecule has 0 aromatic carbocycles. The Balaban J connectivity index is 2.00. The molecule has 3 heterocycles. The summed E-state index contributed by atoms with van der Waals surface area (Å²) in [6, 6.07) is 0. The fourth-order valence-electron chi connectivity index (χ4n) is 1.89. The van der Waals surface area contributed by atoms with Crippen molar-refractivity contribution in [1.29, 1.82) is 0 Å². The predicted molar refractivity (Wildman–Crippen MR) is 64.9 cm³/mol. The Labute approximate surface area is 101 Å². The van der Waals surface area contributed by atoms with E-state index in [1.807, 2.05) is 5.01 Å². The summed E-state index contributed by atoms with van der Waals surface area (Å²) in [4.78, 5) is 19.2. The molecule has 3 rings (SSSR count). The first-order valence-electron chi connectivity index (χ1n) is 5.39. The zero-order valence-corrected chi connectivity index (χ0v) is 10.2. The molecule has 0 aliphatic carbocycles. The van der Waals surface area contributed by atoms with Gasteiger partial charge in [-0.15, -0.1) is 5.10 Å². The van der Waals surface area contributed by atoms with Crippen LogP contribution in [-0.2, 0) is 0 Å². The van der Waals surface area contributed by atoms with Crippen LogP contribution in [0.5, 0.6) is 0 Å². The molecule has 1 fully saturated rings. The quantitative estimate of drug-likeness (QED) is 0.657. The first kappa shape index (κ1) is 10.6. The lowest BCUT2D eigenvalue weighted by Gasteiger charge is -2.34. The van der Waals surface area contributed by atoms with Gasteiger partial charge in [-0.3, -0.25) is 4.79 Å². The van der Waals surface area contributed by atoms with Crippen molar-refractivity contribution in [3.05, 3.63) is 16.7 Å². The van der Waals surface area contributed by atoms with Gasteiger partial charge in [0.05, 0.1) is 0 Å². The van der Waals surface area contributed by atoms with Gasteiger partial charge >= 0.3 is 5.56 Å². The fourth-order valence-corrected chi connectivity index (χ4v) is 2.39. The molecule has 7 nitrogen and oxygen atoms in total. The number of aromatic nitrogens is 4. The molecule has 1 aliphatic heterocycles. The van der Waals surface area contributed by atoms with Gasteiger partial charge in [-0.2, -0.15) is 0 Å². The van der Waals surface area contributed by atoms with E-state index in [1.54, 1.807) is 11.0 Å². The van der Waals surface area contributed by atoms with Crippen LogP contribution in [0.2, 0.25) is 0 Å². The Hall–Kier alpha value is -1.54. The van der Waals surface area contributed by atoms with Crippen molar-refractivity contribution in [2.24, 2.45) is 0 Å². The lowest BCUT2D eigenvalue weighted by atomic mass is 10.4. The van der Waals surface area contributed by atoms with E-state index in [0.717, 1.165) is 37.7 Å². The third-order valence-electron chi connectivity index (χ3n) is 2.95. The van der Waals surface area contributed by atoms with Crippen molar-refractivity contribution in [3.8, 4) is 0 Å². The van der Waals surface area contributed by atoms with Gasteiger partial charge < -0.3 is 9.91 Å². The van der Waals surface area contributed by atoms with Gasteiger partial charge in [0.25, 0.3) is 0 Å². The molecule has 0 N–H and O–H groups in total. The topological polar surface area (TPSA) is 67.2 Å². The monoisotopic (exact) mass is 252 g/mol. The van der Waals surface area contributed by atoms with E-state index in [9.17, 15) is 4.79 Å². The molecule has 2 aromatic rings. The minimum absolute atomic E-state index is 0.131. The van der Waals surface area contributed by atoms with Crippen LogP contribution in [0.3, 0.4) is 0 Å². The highest BCUT2D eigenvalue weighted by Gasteiger charge is 2.17. The molecule has 2 aromatic heterocycles. The second-order valence-electron chi connectivity index (χ2n) is 4.08. The number of fused-ring (bicyclic) bond motifs is 1. The van der Waals surface area contributed by atoms with Crippen LogP contribution in [0, 0.1) is 0 Å². The number of hydrogen-bond acceptors (Lipinski definition) is 7. The average Bonchev–Trinajstić information content (AvgIpc) is 2.80. The zero-order valence-electron chi connectivity index (χ0n) is 9.41. The molecular weight excluding hydrogens is 240 g/mol. The average molecular weight is 252 g/mol. The van der Waals surface area contributed by atoms with E-state index >= 15 is 0 Å². The smallest absolute Gasteiger partial charge is 0.301 e. The van der Waals surface area contributed by atoms with Crippen LogP contribution in [0.1, 0.15) is 0 Å². The summed E-state index contributed by atoms with van der Waals surface area (Å²) < 4.78 is 5.30. The summed E-state index contributed by atoms with van der Waals surface area (Å²) in [6.07, 6.45) is 1.57. The molecule has 0 radical (unpaired) electrons. The molecule has 90 valence electrons. The maximum absolute atomic E-state index is 12.1. The van der Waals surface area contributed by atoms with Crippen molar-refractivity contribution in [3.63, 3.8) is 0 Å². The maximum Gasteiger partial charge on any atom is 0.301 e. The van der Waals surface area contributed by atoms with E-state index in [0.29, 0.717) is 10.3 Å². The first-order valence-corrected chi connectivity index (χ1v) is 6.16. The minimum Gasteiger partial charge on any atom is -0.306 e. The molecule has 0 amide bonds. The molecular formula is C9H12N6OS. The van der Waals surface area contributed by atoms with Gasteiger partial charge in [-0.05, 0) is 7.05 Å². The second kappa shape index (κ2) is 4.04. The van der Waals surface area contributed by atoms with Gasteiger partial charge in [0, 0.05) is 37.7 Å². The molecule has 0 unspecified atom stereocenters. The second-order valence-corrected chi connectivity index (χ2v) is 4.81. The Morgan fingerprint density at radius 1 is 1.29 bits per heavy atom. The summed E-state index contributed by atoms with van der Waals surface area (Å²) >= 11 is 1.14. The molecule has 1 aliphatic rings. The minimum atomic E-state index is -0.131. The highest BCUT2D eigenvalue weighted by atomic mass is 32.1.